The van der Waals surface area contributed by atoms with E-state index in [0.29, 0.717) is 0 Å². The number of aromatic nitrogens is 3. The smallest absolute Gasteiger partial charge is 0.159 e. The second-order valence-electron chi connectivity index (χ2n) is 33.8. The molecule has 620 valence electrons. The Morgan fingerprint density at radius 1 is 0.136 bits per heavy atom. The van der Waals surface area contributed by atoms with Crippen LogP contribution in [0.15, 0.2) is 517 Å². The molecule has 0 aliphatic rings. The van der Waals surface area contributed by atoms with Crippen LogP contribution in [-0.4, -0.2) is 13.7 Å². The molecule has 0 atom stereocenters. The minimum atomic E-state index is 0.896. The number of fused-ring (bicyclic) bond motifs is 12. The van der Waals surface area contributed by atoms with E-state index < -0.39 is 0 Å². The molecular formula is C126H83N3O3. The summed E-state index contributed by atoms with van der Waals surface area (Å²) >= 11 is 0. The van der Waals surface area contributed by atoms with E-state index >= 15 is 0 Å². The number of benzene rings is 20. The second kappa shape index (κ2) is 33.6. The molecule has 26 rings (SSSR count). The van der Waals surface area contributed by atoms with Gasteiger partial charge in [0.2, 0.25) is 0 Å². The van der Waals surface area contributed by atoms with Crippen molar-refractivity contribution in [2.24, 2.45) is 0 Å². The fourth-order valence-corrected chi connectivity index (χ4v) is 19.3. The lowest BCUT2D eigenvalue weighted by molar-refractivity contribution is 0.666. The molecule has 0 unspecified atom stereocenters. The van der Waals surface area contributed by atoms with Crippen molar-refractivity contribution in [3.63, 3.8) is 0 Å². The van der Waals surface area contributed by atoms with E-state index in [0.717, 1.165) is 99.5 Å². The van der Waals surface area contributed by atoms with Gasteiger partial charge in [0.25, 0.3) is 0 Å². The van der Waals surface area contributed by atoms with Gasteiger partial charge < -0.3 is 27.0 Å². The largest absolute Gasteiger partial charge is 0.456 e. The molecule has 0 saturated heterocycles. The van der Waals surface area contributed by atoms with Gasteiger partial charge in [-0.2, -0.15) is 0 Å². The van der Waals surface area contributed by atoms with Crippen LogP contribution in [0.1, 0.15) is 0 Å². The Kier molecular flexibility index (Phi) is 19.9. The second-order valence-corrected chi connectivity index (χ2v) is 33.8. The Hall–Kier alpha value is -17.6. The fraction of sp³-hybridized carbons (Fsp3) is 0. The lowest BCUT2D eigenvalue weighted by atomic mass is 9.97. The molecule has 0 N–H and O–H groups in total. The van der Waals surface area contributed by atoms with Crippen molar-refractivity contribution in [3.05, 3.63) is 504 Å². The fourth-order valence-electron chi connectivity index (χ4n) is 19.3. The summed E-state index contributed by atoms with van der Waals surface area (Å²) < 4.78 is 25.9. The minimum Gasteiger partial charge on any atom is -0.456 e. The van der Waals surface area contributed by atoms with Gasteiger partial charge in [0.15, 0.2) is 5.58 Å². The molecule has 0 fully saturated rings. The first-order chi connectivity index (χ1) is 65.4. The summed E-state index contributed by atoms with van der Waals surface area (Å²) in [5.74, 6) is 0. The predicted octanol–water partition coefficient (Wildman–Crippen LogP) is 34.9. The van der Waals surface area contributed by atoms with Crippen molar-refractivity contribution in [2.75, 3.05) is 0 Å². The first-order valence-electron chi connectivity index (χ1n) is 45.0. The van der Waals surface area contributed by atoms with Crippen LogP contribution in [0.25, 0.3) is 238 Å². The first kappa shape index (κ1) is 77.9. The molecule has 0 spiro atoms. The minimum absolute atomic E-state index is 0.896. The molecule has 20 aromatic carbocycles. The number of rotatable bonds is 14. The van der Waals surface area contributed by atoms with E-state index in [1.807, 2.05) is 36.4 Å². The molecule has 0 aliphatic carbocycles. The van der Waals surface area contributed by atoms with E-state index in [9.17, 15) is 0 Å². The van der Waals surface area contributed by atoms with Gasteiger partial charge in [-0.25, -0.2) is 0 Å². The van der Waals surface area contributed by atoms with Crippen LogP contribution in [0.5, 0.6) is 0 Å². The van der Waals surface area contributed by atoms with E-state index in [2.05, 4.69) is 481 Å². The van der Waals surface area contributed by atoms with E-state index in [-0.39, 0.29) is 0 Å². The molecule has 0 radical (unpaired) electrons. The predicted molar refractivity (Wildman–Crippen MR) is 551 cm³/mol. The standard InChI is InChI=1S/2C44H29NO.C38H25NO/c1-3-10-30(11-4-1)32-18-20-34(21-19-32)36-26-27-41-39(28-36)40(35-24-22-33(23-25-35)31-12-5-2-6-13-31)29-45(41)42-16-9-15-38-37-14-7-8-17-43(37)46-44(38)42;1-3-9-30(10-4-1)32-15-17-34(18-16-32)36-23-25-42-39(27-36)41(35-21-19-33(20-22-35)31-11-5-2-6-12-31)29-45(42)37-24-26-44-40(28-37)38-13-7-8-14-43(38)46-44;1-3-10-26(11-4-1)29-20-23-36-34(24-29)35(27-12-5-2-6-13-27)25-39(36)30-21-18-28(19-22-30)31-15-9-16-33-32-14-7-8-17-37(32)40-38(31)33/h2*1-29H;1-25H. The molecule has 132 heavy (non-hydrogen) atoms. The van der Waals surface area contributed by atoms with Crippen LogP contribution in [0, 0.1) is 0 Å². The Balaban J connectivity index is 0.000000110. The monoisotopic (exact) mass is 1690 g/mol. The summed E-state index contributed by atoms with van der Waals surface area (Å²) in [5.41, 5.74) is 38.6. The summed E-state index contributed by atoms with van der Waals surface area (Å²) in [6.07, 6.45) is 6.82. The Morgan fingerprint density at radius 2 is 0.402 bits per heavy atom. The van der Waals surface area contributed by atoms with Gasteiger partial charge in [0, 0.05) is 101 Å². The van der Waals surface area contributed by atoms with Crippen LogP contribution in [-0.2, 0) is 0 Å². The van der Waals surface area contributed by atoms with Crippen molar-refractivity contribution in [2.45, 2.75) is 0 Å². The summed E-state index contributed by atoms with van der Waals surface area (Å²) in [7, 11) is 0. The molecule has 6 heteroatoms. The normalized spacial score (nSPS) is 11.5. The highest BCUT2D eigenvalue weighted by atomic mass is 16.3. The van der Waals surface area contributed by atoms with Gasteiger partial charge in [-0.15, -0.1) is 0 Å². The number of para-hydroxylation sites is 5. The van der Waals surface area contributed by atoms with Crippen molar-refractivity contribution in [1.29, 1.82) is 0 Å². The molecular weight excluding hydrogens is 1600 g/mol. The third-order valence-electron chi connectivity index (χ3n) is 26.0. The van der Waals surface area contributed by atoms with Gasteiger partial charge in [0.05, 0.1) is 22.2 Å². The average molecular weight is 1690 g/mol. The van der Waals surface area contributed by atoms with Gasteiger partial charge in [-0.3, -0.25) is 0 Å². The van der Waals surface area contributed by atoms with Crippen molar-refractivity contribution < 1.29 is 13.3 Å². The lowest BCUT2D eigenvalue weighted by Gasteiger charge is -2.09. The zero-order valence-corrected chi connectivity index (χ0v) is 72.0. The molecule has 26 aromatic rings. The van der Waals surface area contributed by atoms with Gasteiger partial charge in [-0.1, -0.05) is 394 Å². The topological polar surface area (TPSA) is 54.2 Å². The number of hydrogen-bond acceptors (Lipinski definition) is 3. The van der Waals surface area contributed by atoms with Crippen molar-refractivity contribution >= 4 is 98.5 Å². The molecule has 6 aromatic heterocycles. The number of nitrogens with zero attached hydrogens (tertiary/aromatic N) is 3. The van der Waals surface area contributed by atoms with Crippen LogP contribution in [0.3, 0.4) is 0 Å². The summed E-state index contributed by atoms with van der Waals surface area (Å²) in [6, 6.07) is 172. The zero-order valence-electron chi connectivity index (χ0n) is 72.0. The quantitative estimate of drug-likeness (QED) is 0.109. The number of hydrogen-bond donors (Lipinski definition) is 0. The van der Waals surface area contributed by atoms with Crippen molar-refractivity contribution in [3.8, 4) is 139 Å². The molecule has 0 amide bonds. The Labute approximate surface area is 763 Å². The maximum Gasteiger partial charge on any atom is 0.159 e. The third kappa shape index (κ3) is 14.6. The highest BCUT2D eigenvalue weighted by Crippen LogP contribution is 2.45. The van der Waals surface area contributed by atoms with Gasteiger partial charge in [-0.05, 0) is 191 Å². The van der Waals surface area contributed by atoms with Crippen molar-refractivity contribution in [1.82, 2.24) is 13.7 Å². The maximum absolute atomic E-state index is 6.49. The molecule has 6 nitrogen and oxygen atoms in total. The molecule has 0 aliphatic heterocycles. The first-order valence-corrected chi connectivity index (χ1v) is 45.0. The highest BCUT2D eigenvalue weighted by Gasteiger charge is 2.23. The van der Waals surface area contributed by atoms with Gasteiger partial charge in [0.1, 0.15) is 27.9 Å². The highest BCUT2D eigenvalue weighted by molar-refractivity contribution is 6.12. The summed E-state index contributed by atoms with van der Waals surface area (Å²) in [5, 5.41) is 10.5. The lowest BCUT2D eigenvalue weighted by Crippen LogP contribution is -1.92. The zero-order chi connectivity index (χ0) is 87.4. The van der Waals surface area contributed by atoms with Gasteiger partial charge >= 0.3 is 0 Å². The third-order valence-corrected chi connectivity index (χ3v) is 26.0. The Morgan fingerprint density at radius 3 is 0.833 bits per heavy atom. The average Bonchev–Trinajstić information content (AvgIpc) is 1.66. The Bertz CT molecular complexity index is 8720. The summed E-state index contributed by atoms with van der Waals surface area (Å²) in [6.45, 7) is 0. The molecule has 0 bridgehead atoms. The van der Waals surface area contributed by atoms with Crippen LogP contribution >= 0.6 is 0 Å². The van der Waals surface area contributed by atoms with E-state index in [1.54, 1.807) is 0 Å². The number of furan rings is 3. The maximum atomic E-state index is 6.49. The molecule has 6 heterocycles. The van der Waals surface area contributed by atoms with Crippen LogP contribution in [0.4, 0.5) is 0 Å². The van der Waals surface area contributed by atoms with Crippen LogP contribution < -0.4 is 0 Å². The molecule has 0 saturated carbocycles. The van der Waals surface area contributed by atoms with E-state index in [4.69, 9.17) is 13.3 Å². The van der Waals surface area contributed by atoms with Crippen LogP contribution in [0.2, 0.25) is 0 Å². The SMILES string of the molecule is c1ccc(-c2ccc(-c3ccc4c(c3)c(-c3ccc(-c5ccccc5)cc3)cn4-c3ccc4oc5ccccc5c4c3)cc2)cc1.c1ccc(-c2ccc(-c3ccc4c(c3)c(-c3ccc(-c5ccccc5)cc3)cn4-c3cccc4c3oc3ccccc34)cc2)cc1.c1ccc(-c2ccc3c(c2)c(-c2ccccc2)cn3-c2ccc(-c3cccc4c3oc3ccccc34)cc2)cc1. The van der Waals surface area contributed by atoms with E-state index in [1.165, 1.54) is 138 Å². The summed E-state index contributed by atoms with van der Waals surface area (Å²) in [4.78, 5) is 0.